The van der Waals surface area contributed by atoms with E-state index in [9.17, 15) is 14.4 Å². The molecule has 12 rings (SSSR count). The molecule has 0 spiro atoms. The van der Waals surface area contributed by atoms with Crippen molar-refractivity contribution < 1.29 is 81.5 Å². The van der Waals surface area contributed by atoms with Crippen LogP contribution in [0.1, 0.15) is 347 Å². The van der Waals surface area contributed by atoms with E-state index in [4.69, 9.17) is 77.1 Å². The minimum atomic E-state index is -0.814. The van der Waals surface area contributed by atoms with Crippen molar-refractivity contribution in [2.75, 3.05) is 14.2 Å². The second-order valence-corrected chi connectivity index (χ2v) is 43.9. The third-order valence-electron chi connectivity index (χ3n) is 23.4. The second-order valence-electron chi connectivity index (χ2n) is 43.0. The zero-order valence-electron chi connectivity index (χ0n) is 87.5. The number of aromatic nitrogens is 6. The number of methoxy groups -OCH3 is 2. The number of aliphatic imine (C=N–C) groups is 3. The number of ether oxygens (including phenoxy) is 5. The molecule has 2 fully saturated rings. The lowest BCUT2D eigenvalue weighted by Gasteiger charge is -2.24. The van der Waals surface area contributed by atoms with Gasteiger partial charge in [-0.25, -0.2) is 4.79 Å². The summed E-state index contributed by atoms with van der Waals surface area (Å²) in [7, 11) is 3.31. The number of halogens is 1. The average Bonchev–Trinajstić information content (AvgIpc) is 1.64. The number of aryl methyl sites for hydroxylation is 1. The Bertz CT molecular complexity index is 5550. The maximum atomic E-state index is 11.7. The first-order valence-corrected chi connectivity index (χ1v) is 45.8. The van der Waals surface area contributed by atoms with Crippen molar-refractivity contribution in [2.24, 2.45) is 47.5 Å². The number of carbonyl (C=O) groups is 3. The van der Waals surface area contributed by atoms with E-state index in [0.29, 0.717) is 18.5 Å². The highest BCUT2D eigenvalue weighted by atomic mass is 79.9. The number of nitrogens with zero attached hydrogens (tertiary/aromatic N) is 3. The van der Waals surface area contributed by atoms with Crippen LogP contribution in [0.2, 0.25) is 0 Å². The molecule has 11 heterocycles. The van der Waals surface area contributed by atoms with Gasteiger partial charge in [-0.3, -0.25) is 24.6 Å². The predicted molar refractivity (Wildman–Crippen MR) is 539 cm³/mol. The van der Waals surface area contributed by atoms with Crippen LogP contribution in [0, 0.1) is 51.3 Å². The summed E-state index contributed by atoms with van der Waals surface area (Å²) in [5.41, 5.74) is 25.4. The number of hydrogen-bond acceptors (Lipinski definition) is 19. The number of hydrogen-bond donors (Lipinski definition) is 7. The smallest absolute Gasteiger partial charge is 0.373 e. The molecular weight excluding hydrogens is 1790 g/mol. The molecule has 0 aliphatic carbocycles. The summed E-state index contributed by atoms with van der Waals surface area (Å²) in [5.74, 6) is 7.29. The van der Waals surface area contributed by atoms with E-state index >= 15 is 0 Å². The van der Waals surface area contributed by atoms with E-state index in [1.165, 1.54) is 84.8 Å². The number of H-pyrrole nitrogens is 6. The molecule has 740 valence electrons. The molecule has 0 atom stereocenters. The maximum Gasteiger partial charge on any atom is 0.373 e. The quantitative estimate of drug-likeness (QED) is 0.0359. The molecule has 0 saturated carbocycles. The highest BCUT2D eigenvalue weighted by Crippen LogP contribution is 2.47. The van der Waals surface area contributed by atoms with Crippen molar-refractivity contribution in [3.05, 3.63) is 217 Å². The average molecular weight is 1940 g/mol. The summed E-state index contributed by atoms with van der Waals surface area (Å²) >= 11 is 3.22. The number of cyclic esters (lactones) is 1. The number of esters is 2. The Morgan fingerprint density at radius 3 is 1.09 bits per heavy atom. The van der Waals surface area contributed by atoms with Gasteiger partial charge < -0.3 is 58.7 Å². The zero-order valence-corrected chi connectivity index (χ0v) is 89.1. The standard InChI is InChI=1S/C19H30N2O2.C17H26N2.C17H25NO.C16H23NO2.C14H16O2.C13H18N2.C9H12BrNO2.4CO2/c1-12(13-9-10-15(20-13)18(2,3)4)14-11-19(5,6)16(21-14)17(22-7)23-8;1-11(14-10-17(6,7)12(2)18-14)13-8-9-15(19-13)16(3,4)5;1-11(14-10-17(6,7)12(2)19-14)13-8-9-15(18-13)16(3,4)5;1-10(12-9-16(5,6)14(18)19-12)11-7-8-13(17-11)15(2,3)4;1-11-6-8-12(9-7-11)5-4-10-14(2,3)13(15)16;1-9(11-6-5-7-14-11)12-8-13(3,4)10(2)15-12;1-9(2,3)13-8(12)6-4-5-7(10)11-6;4*2-1-3/h9-10,17,20H,11H2,1-8H3;8-9,19H,10H2,1-7H3;8-9,18H,2,10H2,1,3-7H3;7-8,17H,9H2,1-6H3;6-9H,10H2,1-3H3,(H,15,16);5-7,14H,8H2,1-4H3;4-5,11H,1-3H3;;;;/b14-12-;14-11-;14-11+;12-10+;;12-9-;;;;;. The lowest BCUT2D eigenvalue weighted by molar-refractivity contribution is -0.193. The Labute approximate surface area is 814 Å². The molecule has 5 aliphatic heterocycles. The van der Waals surface area contributed by atoms with Gasteiger partial charge in [-0.1, -0.05) is 175 Å². The van der Waals surface area contributed by atoms with Crippen molar-refractivity contribution in [2.45, 2.75) is 314 Å². The van der Waals surface area contributed by atoms with Crippen LogP contribution in [-0.2, 0) is 93.3 Å². The van der Waals surface area contributed by atoms with E-state index in [1.54, 1.807) is 40.2 Å². The van der Waals surface area contributed by atoms with Crippen molar-refractivity contribution in [3.63, 3.8) is 0 Å². The molecule has 6 aromatic heterocycles. The fourth-order valence-corrected chi connectivity index (χ4v) is 13.8. The summed E-state index contributed by atoms with van der Waals surface area (Å²) in [6.45, 7) is 77.8. The molecule has 7 aromatic rings. The number of benzene rings is 1. The predicted octanol–water partition coefficient (Wildman–Crippen LogP) is 25.4. The molecule has 0 radical (unpaired) electrons. The summed E-state index contributed by atoms with van der Waals surface area (Å²) in [6, 6.07) is 32.6. The fourth-order valence-electron chi connectivity index (χ4n) is 13.5. The van der Waals surface area contributed by atoms with Crippen LogP contribution in [0.3, 0.4) is 0 Å². The summed E-state index contributed by atoms with van der Waals surface area (Å²) < 4.78 is 28.0. The number of nitrogens with one attached hydrogen (secondary N) is 6. The second kappa shape index (κ2) is 50.7. The van der Waals surface area contributed by atoms with Crippen LogP contribution in [-0.4, -0.2) is 121 Å². The van der Waals surface area contributed by atoms with Crippen LogP contribution in [0.4, 0.5) is 0 Å². The largest absolute Gasteiger partial charge is 0.481 e. The molecule has 7 N–H and O–H groups in total. The summed E-state index contributed by atoms with van der Waals surface area (Å²) in [5, 5.41) is 8.91. The van der Waals surface area contributed by atoms with Crippen molar-refractivity contribution in [3.8, 4) is 11.8 Å². The molecule has 1 aromatic carbocycles. The van der Waals surface area contributed by atoms with Crippen molar-refractivity contribution in [1.82, 2.24) is 29.9 Å². The SMILES string of the molecule is C/C(=C1/CC(C)(C)C(=O)O1)c1ccc(C(C)(C)C)[nH]1.C=C1O/C(=C(\C)c2ccc(C(C)(C)C)[nH]2)CC1(C)C.CC(C)(C)OC(=O)c1ccc(Br)[nH]1.CC1=N/C(=C(/C)c2ccc(C(C)(C)C)[nH]2)CC1(C)C.CC1=N/C(=C(/C)c2ccc[nH]2)CC1(C)C.COC(OC)C1=N/C(=C(/C)c2ccc(C(C)(C)C)[nH]2)CC1(C)C.Cc1ccc(C#CCC(C)(C)C(=O)O)cc1.O=C=O.O=C=O.O=C=O.O=C=O. The lowest BCUT2D eigenvalue weighted by atomic mass is 9.84. The summed E-state index contributed by atoms with van der Waals surface area (Å²) in [6.07, 6.45) is 7.48. The highest BCUT2D eigenvalue weighted by molar-refractivity contribution is 9.10. The van der Waals surface area contributed by atoms with Crippen LogP contribution in [0.5, 0.6) is 0 Å². The third-order valence-corrected chi connectivity index (χ3v) is 23.8. The number of carboxylic acid groups (broad SMARTS) is 1. The third kappa shape index (κ3) is 37.3. The highest BCUT2D eigenvalue weighted by Gasteiger charge is 2.42. The number of aliphatic carboxylic acids is 1. The van der Waals surface area contributed by atoms with E-state index in [-0.39, 0.29) is 86.2 Å². The molecule has 5 aliphatic rings. The molecule has 26 nitrogen and oxygen atoms in total. The first-order chi connectivity index (χ1) is 62.4. The van der Waals surface area contributed by atoms with Gasteiger partial charge in [0.1, 0.15) is 28.6 Å². The van der Waals surface area contributed by atoms with Crippen molar-refractivity contribution in [1.29, 1.82) is 0 Å². The van der Waals surface area contributed by atoms with E-state index in [2.05, 4.69) is 304 Å². The Morgan fingerprint density at radius 1 is 0.456 bits per heavy atom. The Balaban J connectivity index is 0.000000528. The van der Waals surface area contributed by atoms with Gasteiger partial charge in [0.25, 0.3) is 0 Å². The van der Waals surface area contributed by atoms with Gasteiger partial charge >= 0.3 is 42.5 Å². The Morgan fingerprint density at radius 2 is 0.801 bits per heavy atom. The number of allylic oxidation sites excluding steroid dienone is 11. The number of carbonyl (C=O) groups excluding carboxylic acids is 10. The zero-order chi connectivity index (χ0) is 105. The molecule has 2 saturated heterocycles. The minimum Gasteiger partial charge on any atom is -0.481 e. The topological polar surface area (TPSA) is 386 Å². The van der Waals surface area contributed by atoms with E-state index in [0.717, 1.165) is 87.2 Å². The van der Waals surface area contributed by atoms with Crippen LogP contribution in [0.15, 0.2) is 164 Å². The van der Waals surface area contributed by atoms with Gasteiger partial charge in [-0.15, -0.1) is 0 Å². The number of rotatable bonds is 11. The number of aromatic amines is 6. The lowest BCUT2D eigenvalue weighted by Crippen LogP contribution is -2.34. The fraction of sp³-hybridized carbons (Fsp3) is 0.505. The molecule has 0 amide bonds. The van der Waals surface area contributed by atoms with Gasteiger partial charge in [0.15, 0.2) is 6.29 Å². The molecule has 136 heavy (non-hydrogen) atoms. The molecular formula is C109H150BrN9O17. The summed E-state index contributed by atoms with van der Waals surface area (Å²) in [4.78, 5) is 133. The van der Waals surface area contributed by atoms with Crippen LogP contribution in [0.25, 0.3) is 27.9 Å². The van der Waals surface area contributed by atoms with Gasteiger partial charge in [-0.2, -0.15) is 38.4 Å². The van der Waals surface area contributed by atoms with E-state index in [1.807, 2.05) is 85.0 Å². The molecule has 0 bridgehead atoms. The van der Waals surface area contributed by atoms with Gasteiger partial charge in [-0.05, 0) is 221 Å². The van der Waals surface area contributed by atoms with Crippen molar-refractivity contribution >= 4 is 103 Å². The monoisotopic (exact) mass is 1940 g/mol. The molecule has 0 unspecified atom stereocenters. The van der Waals surface area contributed by atoms with Gasteiger partial charge in [0.2, 0.25) is 0 Å². The van der Waals surface area contributed by atoms with Gasteiger partial charge in [0, 0.05) is 199 Å². The van der Waals surface area contributed by atoms with Gasteiger partial charge in [0.05, 0.1) is 21.1 Å². The first-order valence-electron chi connectivity index (χ1n) is 45.0. The molecule has 27 heteroatoms. The number of carboxylic acids is 1. The van der Waals surface area contributed by atoms with E-state index < -0.39 is 22.4 Å². The first kappa shape index (κ1) is 120. The minimum absolute atomic E-state index is 0.0377. The maximum absolute atomic E-state index is 11.7. The normalized spacial score (nSPS) is 17.5. The Kier molecular flexibility index (Phi) is 44.8. The van der Waals surface area contributed by atoms with Crippen LogP contribution < -0.4 is 0 Å². The Hall–Kier alpha value is -12.0. The van der Waals surface area contributed by atoms with Crippen LogP contribution >= 0.6 is 15.9 Å².